The van der Waals surface area contributed by atoms with Crippen molar-refractivity contribution in [2.75, 3.05) is 18.9 Å². The summed E-state index contributed by atoms with van der Waals surface area (Å²) in [6, 6.07) is 12.0. The Kier molecular flexibility index (Phi) is 5.28. The fourth-order valence-corrected chi connectivity index (χ4v) is 3.00. The maximum absolute atomic E-state index is 12.4. The van der Waals surface area contributed by atoms with Crippen molar-refractivity contribution >= 4 is 22.6 Å². The van der Waals surface area contributed by atoms with E-state index >= 15 is 0 Å². The van der Waals surface area contributed by atoms with Crippen molar-refractivity contribution in [2.24, 2.45) is 0 Å². The number of benzene rings is 2. The Balaban J connectivity index is 1.73. The summed E-state index contributed by atoms with van der Waals surface area (Å²) >= 11 is 0. The second-order valence-electron chi connectivity index (χ2n) is 6.81. The lowest BCUT2D eigenvalue weighted by atomic mass is 10.1. The highest BCUT2D eigenvalue weighted by Gasteiger charge is 2.12. The molecule has 3 aromatic rings. The lowest BCUT2D eigenvalue weighted by Crippen LogP contribution is -2.30. The van der Waals surface area contributed by atoms with E-state index in [0.29, 0.717) is 12.1 Å². The summed E-state index contributed by atoms with van der Waals surface area (Å²) in [7, 11) is 1.81. The van der Waals surface area contributed by atoms with Crippen LogP contribution in [0.25, 0.3) is 11.0 Å². The lowest BCUT2D eigenvalue weighted by Gasteiger charge is -2.18. The van der Waals surface area contributed by atoms with E-state index in [9.17, 15) is 14.7 Å². The van der Waals surface area contributed by atoms with E-state index < -0.39 is 5.63 Å². The van der Waals surface area contributed by atoms with Crippen molar-refractivity contribution in [1.82, 2.24) is 4.90 Å². The minimum Gasteiger partial charge on any atom is -0.508 e. The van der Waals surface area contributed by atoms with Gasteiger partial charge in [0, 0.05) is 29.8 Å². The van der Waals surface area contributed by atoms with Crippen LogP contribution in [0.4, 0.5) is 5.69 Å². The summed E-state index contributed by atoms with van der Waals surface area (Å²) in [6.07, 6.45) is 0. The molecule has 27 heavy (non-hydrogen) atoms. The van der Waals surface area contributed by atoms with E-state index in [4.69, 9.17) is 4.42 Å². The Morgan fingerprint density at radius 2 is 1.93 bits per heavy atom. The second-order valence-corrected chi connectivity index (χ2v) is 6.81. The van der Waals surface area contributed by atoms with E-state index in [2.05, 4.69) is 5.32 Å². The minimum atomic E-state index is -0.490. The molecule has 1 heterocycles. The van der Waals surface area contributed by atoms with Crippen LogP contribution in [-0.2, 0) is 11.3 Å². The number of nitrogens with one attached hydrogen (secondary N) is 1. The van der Waals surface area contributed by atoms with Crippen molar-refractivity contribution in [3.8, 4) is 5.75 Å². The van der Waals surface area contributed by atoms with Crippen LogP contribution < -0.4 is 10.9 Å². The number of aromatic hydroxyl groups is 1. The van der Waals surface area contributed by atoms with Crippen molar-refractivity contribution < 1.29 is 14.3 Å². The van der Waals surface area contributed by atoms with Gasteiger partial charge in [-0.1, -0.05) is 12.1 Å². The van der Waals surface area contributed by atoms with Gasteiger partial charge in [0.2, 0.25) is 5.91 Å². The third-order valence-corrected chi connectivity index (χ3v) is 4.33. The van der Waals surface area contributed by atoms with Gasteiger partial charge in [0.25, 0.3) is 0 Å². The maximum atomic E-state index is 12.4. The number of nitrogens with zero attached hydrogens (tertiary/aromatic N) is 1. The average Bonchev–Trinajstić information content (AvgIpc) is 2.57. The van der Waals surface area contributed by atoms with Crippen LogP contribution in [0, 0.1) is 13.8 Å². The van der Waals surface area contributed by atoms with Crippen molar-refractivity contribution in [3.63, 3.8) is 0 Å². The zero-order chi connectivity index (χ0) is 19.6. The van der Waals surface area contributed by atoms with Crippen LogP contribution in [0.15, 0.2) is 51.7 Å². The summed E-state index contributed by atoms with van der Waals surface area (Å²) in [4.78, 5) is 26.0. The Morgan fingerprint density at radius 1 is 1.15 bits per heavy atom. The van der Waals surface area contributed by atoms with Gasteiger partial charge in [-0.05, 0) is 55.8 Å². The van der Waals surface area contributed by atoms with Crippen LogP contribution >= 0.6 is 0 Å². The number of hydrogen-bond acceptors (Lipinski definition) is 5. The normalized spacial score (nSPS) is 11.1. The van der Waals surface area contributed by atoms with E-state index in [0.717, 1.165) is 27.8 Å². The highest BCUT2D eigenvalue weighted by molar-refractivity contribution is 5.93. The molecule has 2 N–H and O–H groups in total. The molecule has 2 aromatic carbocycles. The molecule has 1 amide bonds. The zero-order valence-electron chi connectivity index (χ0n) is 15.6. The van der Waals surface area contributed by atoms with Gasteiger partial charge in [0.1, 0.15) is 11.3 Å². The fraction of sp³-hybridized carbons (Fsp3) is 0.238. The number of anilines is 1. The molecule has 0 saturated heterocycles. The highest BCUT2D eigenvalue weighted by atomic mass is 16.4. The third kappa shape index (κ3) is 4.54. The van der Waals surface area contributed by atoms with E-state index in [1.165, 1.54) is 12.1 Å². The summed E-state index contributed by atoms with van der Waals surface area (Å²) in [6.45, 7) is 4.49. The lowest BCUT2D eigenvalue weighted by molar-refractivity contribution is -0.117. The monoisotopic (exact) mass is 366 g/mol. The Labute approximate surface area is 157 Å². The SMILES string of the molecule is Cc1ccc(C)c(NC(=O)CN(C)Cc2cc(=O)oc3cc(O)ccc23)c1. The molecular weight excluding hydrogens is 344 g/mol. The van der Waals surface area contributed by atoms with Gasteiger partial charge in [-0.2, -0.15) is 0 Å². The summed E-state index contributed by atoms with van der Waals surface area (Å²) in [5, 5.41) is 13.2. The molecule has 0 spiro atoms. The molecule has 6 heteroatoms. The number of amides is 1. The third-order valence-electron chi connectivity index (χ3n) is 4.33. The number of carbonyl (C=O) groups excluding carboxylic acids is 1. The molecule has 0 bridgehead atoms. The van der Waals surface area contributed by atoms with Gasteiger partial charge in [-0.15, -0.1) is 0 Å². The van der Waals surface area contributed by atoms with Crippen LogP contribution in [0.1, 0.15) is 16.7 Å². The molecule has 0 unspecified atom stereocenters. The average molecular weight is 366 g/mol. The first-order valence-electron chi connectivity index (χ1n) is 8.63. The molecule has 0 fully saturated rings. The molecule has 0 radical (unpaired) electrons. The molecule has 3 rings (SSSR count). The predicted octanol–water partition coefficient (Wildman–Crippen LogP) is 3.19. The molecule has 0 saturated carbocycles. The van der Waals surface area contributed by atoms with E-state index in [1.54, 1.807) is 12.1 Å². The topological polar surface area (TPSA) is 82.8 Å². The number of hydrogen-bond donors (Lipinski definition) is 2. The molecule has 140 valence electrons. The van der Waals surface area contributed by atoms with E-state index in [-0.39, 0.29) is 18.2 Å². The summed E-state index contributed by atoms with van der Waals surface area (Å²) < 4.78 is 5.14. The van der Waals surface area contributed by atoms with Gasteiger partial charge in [0.05, 0.1) is 6.54 Å². The highest BCUT2D eigenvalue weighted by Crippen LogP contribution is 2.22. The largest absolute Gasteiger partial charge is 0.508 e. The Morgan fingerprint density at radius 3 is 2.70 bits per heavy atom. The van der Waals surface area contributed by atoms with Crippen molar-refractivity contribution in [2.45, 2.75) is 20.4 Å². The first kappa shape index (κ1) is 18.7. The Bertz CT molecular complexity index is 1060. The first-order chi connectivity index (χ1) is 12.8. The van der Waals surface area contributed by atoms with Gasteiger partial charge in [-0.3, -0.25) is 9.69 Å². The number of aryl methyl sites for hydroxylation is 2. The van der Waals surface area contributed by atoms with Gasteiger partial charge in [-0.25, -0.2) is 4.79 Å². The smallest absolute Gasteiger partial charge is 0.336 e. The standard InChI is InChI=1S/C21H22N2O4/c1-13-4-5-14(2)18(8-13)22-20(25)12-23(3)11-15-9-21(26)27-19-10-16(24)6-7-17(15)19/h4-10,24H,11-12H2,1-3H3,(H,22,25). The number of carbonyl (C=O) groups is 1. The number of likely N-dealkylation sites (N-methyl/N-ethyl adjacent to an activating group) is 1. The number of phenols is 1. The molecule has 0 atom stereocenters. The molecular formula is C21H22N2O4. The van der Waals surface area contributed by atoms with E-state index in [1.807, 2.05) is 44.0 Å². The molecule has 0 aliphatic carbocycles. The van der Waals surface area contributed by atoms with Crippen molar-refractivity contribution in [3.05, 3.63) is 69.6 Å². The quantitative estimate of drug-likeness (QED) is 0.678. The van der Waals surface area contributed by atoms with Gasteiger partial charge < -0.3 is 14.8 Å². The van der Waals surface area contributed by atoms with Crippen LogP contribution in [0.2, 0.25) is 0 Å². The number of phenolic OH excluding ortho intramolecular Hbond substituents is 1. The number of rotatable bonds is 5. The van der Waals surface area contributed by atoms with Crippen LogP contribution in [0.3, 0.4) is 0 Å². The second kappa shape index (κ2) is 7.63. The fourth-order valence-electron chi connectivity index (χ4n) is 3.00. The molecule has 0 aliphatic heterocycles. The Hall–Kier alpha value is -3.12. The number of fused-ring (bicyclic) bond motifs is 1. The molecule has 6 nitrogen and oxygen atoms in total. The van der Waals surface area contributed by atoms with Crippen LogP contribution in [-0.4, -0.2) is 29.5 Å². The summed E-state index contributed by atoms with van der Waals surface area (Å²) in [5.41, 5.74) is 3.46. The first-order valence-corrected chi connectivity index (χ1v) is 8.63. The maximum Gasteiger partial charge on any atom is 0.336 e. The predicted molar refractivity (Wildman–Crippen MR) is 105 cm³/mol. The zero-order valence-corrected chi connectivity index (χ0v) is 15.6. The van der Waals surface area contributed by atoms with Crippen molar-refractivity contribution in [1.29, 1.82) is 0 Å². The van der Waals surface area contributed by atoms with Gasteiger partial charge in [0.15, 0.2) is 0 Å². The van der Waals surface area contributed by atoms with Crippen LogP contribution in [0.5, 0.6) is 5.75 Å². The minimum absolute atomic E-state index is 0.0315. The summed E-state index contributed by atoms with van der Waals surface area (Å²) in [5.74, 6) is -0.0971. The molecule has 0 aliphatic rings. The van der Waals surface area contributed by atoms with Gasteiger partial charge >= 0.3 is 5.63 Å². The molecule has 1 aromatic heterocycles.